The summed E-state index contributed by atoms with van der Waals surface area (Å²) in [5, 5.41) is 11.6. The number of rotatable bonds is 6. The Labute approximate surface area is 93.0 Å². The number of furan rings is 1. The van der Waals surface area contributed by atoms with E-state index in [1.165, 1.54) is 11.8 Å². The SMILES string of the molecule is CC(CO)SCC(=O)NCc1ccco1. The predicted octanol–water partition coefficient (Wildman–Crippen LogP) is 1.01. The summed E-state index contributed by atoms with van der Waals surface area (Å²) in [5.41, 5.74) is 0. The maximum absolute atomic E-state index is 11.3. The van der Waals surface area contributed by atoms with E-state index in [4.69, 9.17) is 9.52 Å². The molecular weight excluding hydrogens is 214 g/mol. The van der Waals surface area contributed by atoms with Crippen molar-refractivity contribution in [2.75, 3.05) is 12.4 Å². The normalized spacial score (nSPS) is 12.4. The van der Waals surface area contributed by atoms with Gasteiger partial charge >= 0.3 is 0 Å². The molecule has 0 aromatic carbocycles. The second-order valence-corrected chi connectivity index (χ2v) is 4.59. The van der Waals surface area contributed by atoms with Crippen LogP contribution in [0, 0.1) is 0 Å². The summed E-state index contributed by atoms with van der Waals surface area (Å²) in [6.45, 7) is 2.39. The standard InChI is InChI=1S/C10H15NO3S/c1-8(6-12)15-7-10(13)11-5-9-3-2-4-14-9/h2-4,8,12H,5-7H2,1H3,(H,11,13). The van der Waals surface area contributed by atoms with Crippen LogP contribution in [0.25, 0.3) is 0 Å². The van der Waals surface area contributed by atoms with E-state index in [0.717, 1.165) is 5.76 Å². The first-order chi connectivity index (χ1) is 7.22. The minimum Gasteiger partial charge on any atom is -0.467 e. The number of hydrogen-bond acceptors (Lipinski definition) is 4. The highest BCUT2D eigenvalue weighted by atomic mass is 32.2. The fourth-order valence-corrected chi connectivity index (χ4v) is 1.56. The molecule has 0 aliphatic carbocycles. The molecule has 0 bridgehead atoms. The topological polar surface area (TPSA) is 62.5 Å². The summed E-state index contributed by atoms with van der Waals surface area (Å²) in [5.74, 6) is 1.06. The van der Waals surface area contributed by atoms with Crippen molar-refractivity contribution in [1.29, 1.82) is 0 Å². The molecular formula is C10H15NO3S. The van der Waals surface area contributed by atoms with Gasteiger partial charge in [-0.25, -0.2) is 0 Å². The van der Waals surface area contributed by atoms with Crippen LogP contribution in [-0.2, 0) is 11.3 Å². The van der Waals surface area contributed by atoms with Gasteiger partial charge in [0.2, 0.25) is 5.91 Å². The van der Waals surface area contributed by atoms with Crippen molar-refractivity contribution in [1.82, 2.24) is 5.32 Å². The fraction of sp³-hybridized carbons (Fsp3) is 0.500. The van der Waals surface area contributed by atoms with Crippen molar-refractivity contribution in [3.05, 3.63) is 24.2 Å². The number of thioether (sulfide) groups is 1. The van der Waals surface area contributed by atoms with Crippen molar-refractivity contribution in [2.24, 2.45) is 0 Å². The van der Waals surface area contributed by atoms with Gasteiger partial charge in [-0.3, -0.25) is 4.79 Å². The zero-order chi connectivity index (χ0) is 11.1. The molecule has 1 rings (SSSR count). The highest BCUT2D eigenvalue weighted by Crippen LogP contribution is 2.08. The van der Waals surface area contributed by atoms with E-state index in [-0.39, 0.29) is 17.8 Å². The lowest BCUT2D eigenvalue weighted by Crippen LogP contribution is -2.25. The molecule has 0 aliphatic heterocycles. The molecule has 84 valence electrons. The van der Waals surface area contributed by atoms with Crippen LogP contribution in [0.2, 0.25) is 0 Å². The van der Waals surface area contributed by atoms with Gasteiger partial charge in [0, 0.05) is 5.25 Å². The molecule has 0 saturated heterocycles. The van der Waals surface area contributed by atoms with Crippen molar-refractivity contribution >= 4 is 17.7 Å². The number of nitrogens with one attached hydrogen (secondary N) is 1. The Bertz CT molecular complexity index is 287. The monoisotopic (exact) mass is 229 g/mol. The Kier molecular flexibility index (Phi) is 5.28. The van der Waals surface area contributed by atoms with Crippen LogP contribution in [0.5, 0.6) is 0 Å². The molecule has 1 amide bonds. The molecule has 0 aliphatic rings. The summed E-state index contributed by atoms with van der Waals surface area (Å²) < 4.78 is 5.07. The third-order valence-corrected chi connectivity index (χ3v) is 2.94. The lowest BCUT2D eigenvalue weighted by molar-refractivity contribution is -0.118. The number of hydrogen-bond donors (Lipinski definition) is 2. The molecule has 0 radical (unpaired) electrons. The van der Waals surface area contributed by atoms with Gasteiger partial charge in [0.25, 0.3) is 0 Å². The van der Waals surface area contributed by atoms with Crippen molar-refractivity contribution in [2.45, 2.75) is 18.7 Å². The molecule has 4 nitrogen and oxygen atoms in total. The molecule has 1 aromatic heterocycles. The smallest absolute Gasteiger partial charge is 0.230 e. The minimum atomic E-state index is -0.0447. The minimum absolute atomic E-state index is 0.0447. The first kappa shape index (κ1) is 12.1. The average Bonchev–Trinajstić information content (AvgIpc) is 2.75. The molecule has 1 unspecified atom stereocenters. The molecule has 0 fully saturated rings. The highest BCUT2D eigenvalue weighted by molar-refractivity contribution is 8.00. The zero-order valence-corrected chi connectivity index (χ0v) is 9.42. The second-order valence-electron chi connectivity index (χ2n) is 3.16. The van der Waals surface area contributed by atoms with E-state index in [2.05, 4.69) is 5.32 Å². The summed E-state index contributed by atoms with van der Waals surface area (Å²) in [7, 11) is 0. The van der Waals surface area contributed by atoms with E-state index in [0.29, 0.717) is 12.3 Å². The summed E-state index contributed by atoms with van der Waals surface area (Å²) in [4.78, 5) is 11.3. The molecule has 2 N–H and O–H groups in total. The van der Waals surface area contributed by atoms with E-state index in [1.807, 2.05) is 13.0 Å². The number of aliphatic hydroxyl groups is 1. The summed E-state index contributed by atoms with van der Waals surface area (Å²) in [6, 6.07) is 3.59. The molecule has 0 saturated carbocycles. The van der Waals surface area contributed by atoms with Gasteiger partial charge in [-0.2, -0.15) is 0 Å². The van der Waals surface area contributed by atoms with E-state index < -0.39 is 0 Å². The van der Waals surface area contributed by atoms with Crippen LogP contribution in [0.15, 0.2) is 22.8 Å². The van der Waals surface area contributed by atoms with Crippen LogP contribution in [0.3, 0.4) is 0 Å². The predicted molar refractivity (Wildman–Crippen MR) is 59.6 cm³/mol. The Morgan fingerprint density at radius 1 is 1.73 bits per heavy atom. The molecule has 15 heavy (non-hydrogen) atoms. The van der Waals surface area contributed by atoms with Crippen LogP contribution in [-0.4, -0.2) is 28.6 Å². The maximum atomic E-state index is 11.3. The average molecular weight is 229 g/mol. The highest BCUT2D eigenvalue weighted by Gasteiger charge is 2.06. The molecule has 0 spiro atoms. The van der Waals surface area contributed by atoms with Gasteiger partial charge < -0.3 is 14.8 Å². The quantitative estimate of drug-likeness (QED) is 0.764. The Morgan fingerprint density at radius 2 is 2.53 bits per heavy atom. The van der Waals surface area contributed by atoms with E-state index >= 15 is 0 Å². The Morgan fingerprint density at radius 3 is 3.13 bits per heavy atom. The number of carbonyl (C=O) groups is 1. The van der Waals surface area contributed by atoms with Gasteiger partial charge in [-0.05, 0) is 12.1 Å². The largest absolute Gasteiger partial charge is 0.467 e. The molecule has 1 atom stereocenters. The van der Waals surface area contributed by atoms with Crippen molar-refractivity contribution in [3.8, 4) is 0 Å². The lowest BCUT2D eigenvalue weighted by atomic mass is 10.4. The van der Waals surface area contributed by atoms with Crippen LogP contribution in [0.4, 0.5) is 0 Å². The molecule has 5 heteroatoms. The Balaban J connectivity index is 2.14. The molecule has 1 aromatic rings. The second kappa shape index (κ2) is 6.53. The first-order valence-corrected chi connectivity index (χ1v) is 5.78. The van der Waals surface area contributed by atoms with E-state index in [9.17, 15) is 4.79 Å². The van der Waals surface area contributed by atoms with Gasteiger partial charge in [0.05, 0.1) is 25.2 Å². The summed E-state index contributed by atoms with van der Waals surface area (Å²) >= 11 is 1.43. The van der Waals surface area contributed by atoms with Crippen molar-refractivity contribution < 1.29 is 14.3 Å². The maximum Gasteiger partial charge on any atom is 0.230 e. The third-order valence-electron chi connectivity index (χ3n) is 1.80. The first-order valence-electron chi connectivity index (χ1n) is 4.74. The summed E-state index contributed by atoms with van der Waals surface area (Å²) in [6.07, 6.45) is 1.57. The van der Waals surface area contributed by atoms with Crippen LogP contribution < -0.4 is 5.32 Å². The Hall–Kier alpha value is -0.940. The van der Waals surface area contributed by atoms with Crippen LogP contribution >= 0.6 is 11.8 Å². The van der Waals surface area contributed by atoms with Crippen molar-refractivity contribution in [3.63, 3.8) is 0 Å². The number of aliphatic hydroxyl groups excluding tert-OH is 1. The number of amides is 1. The van der Waals surface area contributed by atoms with E-state index in [1.54, 1.807) is 12.3 Å². The third kappa shape index (κ3) is 4.90. The van der Waals surface area contributed by atoms with Gasteiger partial charge in [-0.15, -0.1) is 11.8 Å². The van der Waals surface area contributed by atoms with Gasteiger partial charge in [-0.1, -0.05) is 6.92 Å². The lowest BCUT2D eigenvalue weighted by Gasteiger charge is -2.07. The fourth-order valence-electron chi connectivity index (χ4n) is 0.921. The van der Waals surface area contributed by atoms with Gasteiger partial charge in [0.1, 0.15) is 5.76 Å². The van der Waals surface area contributed by atoms with Gasteiger partial charge in [0.15, 0.2) is 0 Å². The zero-order valence-electron chi connectivity index (χ0n) is 8.60. The van der Waals surface area contributed by atoms with Crippen LogP contribution in [0.1, 0.15) is 12.7 Å². The molecule has 1 heterocycles. The number of carbonyl (C=O) groups excluding carboxylic acids is 1.